The number of pyridine rings is 1. The van der Waals surface area contributed by atoms with Crippen LogP contribution in [0.1, 0.15) is 18.2 Å². The zero-order valence-electron chi connectivity index (χ0n) is 10.6. The van der Waals surface area contributed by atoms with Crippen molar-refractivity contribution in [1.29, 1.82) is 0 Å². The molecule has 0 N–H and O–H groups in total. The third-order valence-electron chi connectivity index (χ3n) is 2.94. The Kier molecular flexibility index (Phi) is 3.80. The molecule has 0 atom stereocenters. The van der Waals surface area contributed by atoms with E-state index in [-0.39, 0.29) is 0 Å². The second kappa shape index (κ2) is 5.21. The van der Waals surface area contributed by atoms with Gasteiger partial charge in [0, 0.05) is 18.7 Å². The van der Waals surface area contributed by atoms with Gasteiger partial charge in [-0.2, -0.15) is 13.2 Å². The summed E-state index contributed by atoms with van der Waals surface area (Å²) in [6.07, 6.45) is -4.44. The van der Waals surface area contributed by atoms with Crippen molar-refractivity contribution in [2.24, 2.45) is 0 Å². The average molecular weight is 272 g/mol. The van der Waals surface area contributed by atoms with Gasteiger partial charge in [0.15, 0.2) is 0 Å². The molecule has 0 amide bonds. The second-order valence-corrected chi connectivity index (χ2v) is 4.45. The third kappa shape index (κ3) is 3.07. The quantitative estimate of drug-likeness (QED) is 0.827. The molecule has 2 heterocycles. The van der Waals surface area contributed by atoms with E-state index >= 15 is 0 Å². The lowest BCUT2D eigenvalue weighted by Crippen LogP contribution is -2.37. The van der Waals surface area contributed by atoms with E-state index in [0.717, 1.165) is 6.07 Å². The summed E-state index contributed by atoms with van der Waals surface area (Å²) in [5.74, 6) is 0.339. The molecule has 1 aromatic heterocycles. The molecule has 2 rings (SSSR count). The lowest BCUT2D eigenvalue weighted by Gasteiger charge is -2.30. The molecule has 19 heavy (non-hydrogen) atoms. The number of rotatable bonds is 2. The Morgan fingerprint density at radius 3 is 2.47 bits per heavy atom. The highest BCUT2D eigenvalue weighted by molar-refractivity contribution is 5.72. The van der Waals surface area contributed by atoms with Crippen LogP contribution in [0.4, 0.5) is 19.0 Å². The van der Waals surface area contributed by atoms with Crippen LogP contribution < -0.4 is 4.90 Å². The van der Waals surface area contributed by atoms with Crippen molar-refractivity contribution in [3.8, 4) is 0 Å². The van der Waals surface area contributed by atoms with Crippen molar-refractivity contribution in [2.75, 3.05) is 31.2 Å². The van der Waals surface area contributed by atoms with Gasteiger partial charge in [-0.25, -0.2) is 4.98 Å². The van der Waals surface area contributed by atoms with Gasteiger partial charge >= 0.3 is 6.18 Å². The normalized spacial score (nSPS) is 16.5. The predicted molar refractivity (Wildman–Crippen MR) is 67.0 cm³/mol. The molecular weight excluding hydrogens is 257 g/mol. The van der Waals surface area contributed by atoms with E-state index in [0.29, 0.717) is 43.3 Å². The van der Waals surface area contributed by atoms with Gasteiger partial charge < -0.3 is 9.64 Å². The van der Waals surface area contributed by atoms with Gasteiger partial charge in [0.2, 0.25) is 0 Å². The Labute approximate surface area is 109 Å². The second-order valence-electron chi connectivity index (χ2n) is 4.45. The lowest BCUT2D eigenvalue weighted by molar-refractivity contribution is -0.141. The fraction of sp³-hybridized carbons (Fsp3) is 0.462. The molecule has 3 nitrogen and oxygen atoms in total. The molecule has 1 aliphatic heterocycles. The molecule has 1 aromatic rings. The van der Waals surface area contributed by atoms with Gasteiger partial charge in [-0.3, -0.25) is 0 Å². The van der Waals surface area contributed by atoms with Gasteiger partial charge in [-0.15, -0.1) is 0 Å². The first-order chi connectivity index (χ1) is 8.89. The Morgan fingerprint density at radius 1 is 1.32 bits per heavy atom. The number of alkyl halides is 3. The molecule has 6 heteroatoms. The minimum absolute atomic E-state index is 0.339. The molecule has 0 unspecified atom stereocenters. The molecule has 0 saturated carbocycles. The molecule has 1 fully saturated rings. The largest absolute Gasteiger partial charge is 0.433 e. The monoisotopic (exact) mass is 272 g/mol. The highest BCUT2D eigenvalue weighted by Gasteiger charge is 2.33. The van der Waals surface area contributed by atoms with Gasteiger partial charge in [0.05, 0.1) is 13.2 Å². The molecule has 0 spiro atoms. The molecule has 1 aliphatic rings. The summed E-state index contributed by atoms with van der Waals surface area (Å²) >= 11 is 0. The zero-order valence-corrected chi connectivity index (χ0v) is 10.6. The Hall–Kier alpha value is -1.56. The minimum atomic E-state index is -4.44. The summed E-state index contributed by atoms with van der Waals surface area (Å²) in [5.41, 5.74) is 0.469. The van der Waals surface area contributed by atoms with Crippen LogP contribution in [0, 0.1) is 0 Å². The Morgan fingerprint density at radius 2 is 1.95 bits per heavy atom. The molecule has 104 valence electrons. The van der Waals surface area contributed by atoms with Crippen molar-refractivity contribution in [2.45, 2.75) is 13.1 Å². The van der Waals surface area contributed by atoms with Gasteiger partial charge in [-0.05, 0) is 24.6 Å². The summed E-state index contributed by atoms with van der Waals surface area (Å²) in [6.45, 7) is 7.61. The number of allylic oxidation sites excluding steroid dienone is 1. The molecule has 0 bridgehead atoms. The number of aromatic nitrogens is 1. The number of hydrogen-bond donors (Lipinski definition) is 0. The maximum Gasteiger partial charge on any atom is 0.433 e. The van der Waals surface area contributed by atoms with E-state index in [2.05, 4.69) is 11.6 Å². The fourth-order valence-corrected chi connectivity index (χ4v) is 1.96. The highest BCUT2D eigenvalue weighted by Crippen LogP contribution is 2.32. The molecule has 0 aliphatic carbocycles. The SMILES string of the molecule is C=C(C)c1ccc(C(F)(F)F)nc1N1CCOCC1. The van der Waals surface area contributed by atoms with Crippen LogP contribution in [-0.2, 0) is 10.9 Å². The van der Waals surface area contributed by atoms with Gasteiger partial charge in [0.25, 0.3) is 0 Å². The van der Waals surface area contributed by atoms with Crippen LogP contribution >= 0.6 is 0 Å². The summed E-state index contributed by atoms with van der Waals surface area (Å²) in [5, 5.41) is 0. The van der Waals surface area contributed by atoms with Gasteiger partial charge in [-0.1, -0.05) is 6.58 Å². The van der Waals surface area contributed by atoms with Crippen LogP contribution in [0.5, 0.6) is 0 Å². The number of nitrogens with zero attached hydrogens (tertiary/aromatic N) is 2. The number of morpholine rings is 1. The van der Waals surface area contributed by atoms with Crippen molar-refractivity contribution < 1.29 is 17.9 Å². The van der Waals surface area contributed by atoms with Gasteiger partial charge in [0.1, 0.15) is 11.5 Å². The first-order valence-electron chi connectivity index (χ1n) is 5.96. The zero-order chi connectivity index (χ0) is 14.0. The summed E-state index contributed by atoms with van der Waals surface area (Å²) in [7, 11) is 0. The van der Waals surface area contributed by atoms with Crippen molar-refractivity contribution in [3.63, 3.8) is 0 Å². The molecule has 1 saturated heterocycles. The molecular formula is C13H15F3N2O. The first kappa shape index (κ1) is 13.9. The Bertz CT molecular complexity index is 479. The number of anilines is 1. The number of halogens is 3. The van der Waals surface area contributed by atoms with Crippen LogP contribution in [0.2, 0.25) is 0 Å². The number of ether oxygens (including phenoxy) is 1. The minimum Gasteiger partial charge on any atom is -0.378 e. The maximum absolute atomic E-state index is 12.7. The van der Waals surface area contributed by atoms with Crippen molar-refractivity contribution in [1.82, 2.24) is 4.98 Å². The summed E-state index contributed by atoms with van der Waals surface area (Å²) in [4.78, 5) is 5.58. The summed E-state index contributed by atoms with van der Waals surface area (Å²) in [6, 6.07) is 2.43. The maximum atomic E-state index is 12.7. The standard InChI is InChI=1S/C13H15F3N2O/c1-9(2)10-3-4-11(13(14,15)16)17-12(10)18-5-7-19-8-6-18/h3-4H,1,5-8H2,2H3. The molecule has 0 aromatic carbocycles. The third-order valence-corrected chi connectivity index (χ3v) is 2.94. The number of hydrogen-bond acceptors (Lipinski definition) is 3. The first-order valence-corrected chi connectivity index (χ1v) is 5.96. The van der Waals surface area contributed by atoms with E-state index < -0.39 is 11.9 Å². The van der Waals surface area contributed by atoms with Crippen LogP contribution in [0.15, 0.2) is 18.7 Å². The topological polar surface area (TPSA) is 25.4 Å². The van der Waals surface area contributed by atoms with Crippen molar-refractivity contribution >= 4 is 11.4 Å². The van der Waals surface area contributed by atoms with E-state index in [1.165, 1.54) is 6.07 Å². The predicted octanol–water partition coefficient (Wildman–Crippen LogP) is 2.97. The summed E-state index contributed by atoms with van der Waals surface area (Å²) < 4.78 is 43.4. The van der Waals surface area contributed by atoms with E-state index in [1.54, 1.807) is 6.92 Å². The molecule has 0 radical (unpaired) electrons. The van der Waals surface area contributed by atoms with E-state index in [4.69, 9.17) is 4.74 Å². The van der Waals surface area contributed by atoms with Crippen LogP contribution in [0.3, 0.4) is 0 Å². The smallest absolute Gasteiger partial charge is 0.378 e. The fourth-order valence-electron chi connectivity index (χ4n) is 1.96. The lowest BCUT2D eigenvalue weighted by atomic mass is 10.1. The van der Waals surface area contributed by atoms with E-state index in [1.807, 2.05) is 4.90 Å². The van der Waals surface area contributed by atoms with Crippen LogP contribution in [-0.4, -0.2) is 31.3 Å². The van der Waals surface area contributed by atoms with Crippen molar-refractivity contribution in [3.05, 3.63) is 30.0 Å². The van der Waals surface area contributed by atoms with Crippen LogP contribution in [0.25, 0.3) is 5.57 Å². The Balaban J connectivity index is 2.44. The van der Waals surface area contributed by atoms with E-state index in [9.17, 15) is 13.2 Å². The average Bonchev–Trinajstić information content (AvgIpc) is 2.38. The highest BCUT2D eigenvalue weighted by atomic mass is 19.4.